The summed E-state index contributed by atoms with van der Waals surface area (Å²) in [5.74, 6) is 0. The first-order valence-corrected chi connectivity index (χ1v) is 6.49. The molecule has 1 fully saturated rings. The fraction of sp³-hybridized carbons (Fsp3) is 0.700. The second kappa shape index (κ2) is 5.31. The van der Waals surface area contributed by atoms with Crippen LogP contribution in [0.5, 0.6) is 0 Å². The maximum absolute atomic E-state index is 11.5. The Morgan fingerprint density at radius 3 is 2.59 bits per heavy atom. The monoisotopic (exact) mass is 256 g/mol. The Labute approximate surface area is 104 Å². The molecule has 1 aliphatic rings. The summed E-state index contributed by atoms with van der Waals surface area (Å²) in [5, 5.41) is 10.0. The van der Waals surface area contributed by atoms with Crippen molar-refractivity contribution >= 4 is 22.6 Å². The highest BCUT2D eigenvalue weighted by molar-refractivity contribution is 7.15. The first kappa shape index (κ1) is 12.1. The van der Waals surface area contributed by atoms with Crippen molar-refractivity contribution in [3.63, 3.8) is 0 Å². The van der Waals surface area contributed by atoms with Gasteiger partial charge in [0.1, 0.15) is 5.01 Å². The second-order valence-corrected chi connectivity index (χ2v) is 4.94. The minimum Gasteiger partial charge on any atom is -0.450 e. The molecule has 2 rings (SSSR count). The molecule has 7 heteroatoms. The third-order valence-corrected chi connectivity index (χ3v) is 3.49. The molecule has 1 saturated heterocycles. The molecule has 0 saturated carbocycles. The number of hydrogen-bond donors (Lipinski definition) is 0. The molecule has 0 N–H and O–H groups in total. The molecular formula is C10H16N4O2S. The highest BCUT2D eigenvalue weighted by atomic mass is 32.1. The number of anilines is 1. The number of ether oxygens (including phenoxy) is 1. The van der Waals surface area contributed by atoms with Crippen LogP contribution in [0.25, 0.3) is 0 Å². The van der Waals surface area contributed by atoms with Gasteiger partial charge in [-0.3, -0.25) is 0 Å². The van der Waals surface area contributed by atoms with Crippen molar-refractivity contribution in [3.8, 4) is 0 Å². The smallest absolute Gasteiger partial charge is 0.409 e. The molecule has 0 atom stereocenters. The molecule has 1 aliphatic heterocycles. The van der Waals surface area contributed by atoms with Crippen molar-refractivity contribution in [2.45, 2.75) is 13.8 Å². The van der Waals surface area contributed by atoms with Crippen molar-refractivity contribution in [2.75, 3.05) is 37.7 Å². The van der Waals surface area contributed by atoms with Crippen molar-refractivity contribution in [1.29, 1.82) is 0 Å². The number of hydrogen-bond acceptors (Lipinski definition) is 6. The van der Waals surface area contributed by atoms with E-state index in [0.29, 0.717) is 19.7 Å². The lowest BCUT2D eigenvalue weighted by atomic mass is 10.3. The van der Waals surface area contributed by atoms with E-state index >= 15 is 0 Å². The van der Waals surface area contributed by atoms with Gasteiger partial charge < -0.3 is 14.5 Å². The van der Waals surface area contributed by atoms with Gasteiger partial charge in [-0.2, -0.15) is 0 Å². The molecule has 17 heavy (non-hydrogen) atoms. The Kier molecular flexibility index (Phi) is 3.78. The van der Waals surface area contributed by atoms with Gasteiger partial charge in [-0.05, 0) is 13.8 Å². The zero-order valence-electron chi connectivity index (χ0n) is 10.0. The highest BCUT2D eigenvalue weighted by Gasteiger charge is 2.23. The zero-order chi connectivity index (χ0) is 12.3. The minimum absolute atomic E-state index is 0.222. The van der Waals surface area contributed by atoms with Gasteiger partial charge in [0.25, 0.3) is 0 Å². The fourth-order valence-electron chi connectivity index (χ4n) is 1.71. The van der Waals surface area contributed by atoms with E-state index in [9.17, 15) is 4.79 Å². The van der Waals surface area contributed by atoms with Crippen LogP contribution in [0.15, 0.2) is 0 Å². The van der Waals surface area contributed by atoms with Crippen molar-refractivity contribution < 1.29 is 9.53 Å². The summed E-state index contributed by atoms with van der Waals surface area (Å²) in [6.07, 6.45) is -0.222. The summed E-state index contributed by atoms with van der Waals surface area (Å²) in [4.78, 5) is 15.4. The highest BCUT2D eigenvalue weighted by Crippen LogP contribution is 2.20. The number of aromatic nitrogens is 2. The van der Waals surface area contributed by atoms with Crippen LogP contribution in [0.3, 0.4) is 0 Å². The molecule has 1 aromatic heterocycles. The molecule has 1 aromatic rings. The number of amides is 1. The Bertz CT molecular complexity index is 387. The van der Waals surface area contributed by atoms with Crippen LogP contribution in [-0.4, -0.2) is 54.0 Å². The molecule has 0 spiro atoms. The summed E-state index contributed by atoms with van der Waals surface area (Å²) in [6, 6.07) is 0. The molecule has 6 nitrogen and oxygen atoms in total. The number of carbonyl (C=O) groups is 1. The van der Waals surface area contributed by atoms with Gasteiger partial charge in [-0.25, -0.2) is 4.79 Å². The average Bonchev–Trinajstić information content (AvgIpc) is 2.76. The SMILES string of the molecule is CCOC(=O)N1CCN(c2nnc(C)s2)CC1. The number of carbonyl (C=O) groups excluding carboxylic acids is 1. The molecular weight excluding hydrogens is 240 g/mol. The minimum atomic E-state index is -0.222. The van der Waals surface area contributed by atoms with E-state index in [1.54, 1.807) is 16.2 Å². The lowest BCUT2D eigenvalue weighted by molar-refractivity contribution is 0.105. The summed E-state index contributed by atoms with van der Waals surface area (Å²) in [7, 11) is 0. The molecule has 0 aliphatic carbocycles. The number of aryl methyl sites for hydroxylation is 1. The predicted molar refractivity (Wildman–Crippen MR) is 65.5 cm³/mol. The van der Waals surface area contributed by atoms with Crippen LogP contribution >= 0.6 is 11.3 Å². The van der Waals surface area contributed by atoms with E-state index in [-0.39, 0.29) is 6.09 Å². The standard InChI is InChI=1S/C10H16N4O2S/c1-3-16-10(15)14-6-4-13(5-7-14)9-12-11-8(2)17-9/h3-7H2,1-2H3. The summed E-state index contributed by atoms with van der Waals surface area (Å²) >= 11 is 1.58. The topological polar surface area (TPSA) is 58.6 Å². The van der Waals surface area contributed by atoms with Gasteiger partial charge >= 0.3 is 6.09 Å². The first-order chi connectivity index (χ1) is 8.20. The van der Waals surface area contributed by atoms with Gasteiger partial charge in [0.15, 0.2) is 0 Å². The quantitative estimate of drug-likeness (QED) is 0.793. The average molecular weight is 256 g/mol. The van der Waals surface area contributed by atoms with Crippen molar-refractivity contribution in [3.05, 3.63) is 5.01 Å². The fourth-order valence-corrected chi connectivity index (χ4v) is 2.45. The third kappa shape index (κ3) is 2.85. The van der Waals surface area contributed by atoms with Crippen molar-refractivity contribution in [1.82, 2.24) is 15.1 Å². The van der Waals surface area contributed by atoms with E-state index in [2.05, 4.69) is 15.1 Å². The van der Waals surface area contributed by atoms with Crippen LogP contribution in [0, 0.1) is 6.92 Å². The lowest BCUT2D eigenvalue weighted by Crippen LogP contribution is -2.49. The number of piperazine rings is 1. The van der Waals surface area contributed by atoms with Crippen LogP contribution in [0.2, 0.25) is 0 Å². The molecule has 0 aromatic carbocycles. The van der Waals surface area contributed by atoms with Crippen LogP contribution < -0.4 is 4.90 Å². The first-order valence-electron chi connectivity index (χ1n) is 5.67. The van der Waals surface area contributed by atoms with E-state index in [1.165, 1.54) is 0 Å². The van der Waals surface area contributed by atoms with Crippen LogP contribution in [-0.2, 0) is 4.74 Å². The Morgan fingerprint density at radius 1 is 1.35 bits per heavy atom. The Morgan fingerprint density at radius 2 is 2.06 bits per heavy atom. The van der Waals surface area contributed by atoms with E-state index in [1.807, 2.05) is 13.8 Å². The van der Waals surface area contributed by atoms with Gasteiger partial charge in [-0.1, -0.05) is 11.3 Å². The molecule has 1 amide bonds. The van der Waals surface area contributed by atoms with E-state index < -0.39 is 0 Å². The van der Waals surface area contributed by atoms with E-state index in [4.69, 9.17) is 4.74 Å². The van der Waals surface area contributed by atoms with Crippen LogP contribution in [0.1, 0.15) is 11.9 Å². The molecule has 2 heterocycles. The molecule has 0 radical (unpaired) electrons. The largest absolute Gasteiger partial charge is 0.450 e. The number of rotatable bonds is 2. The van der Waals surface area contributed by atoms with Crippen molar-refractivity contribution in [2.24, 2.45) is 0 Å². The van der Waals surface area contributed by atoms with Crippen LogP contribution in [0.4, 0.5) is 9.93 Å². The lowest BCUT2D eigenvalue weighted by Gasteiger charge is -2.33. The summed E-state index contributed by atoms with van der Waals surface area (Å²) in [5.41, 5.74) is 0. The predicted octanol–water partition coefficient (Wildman–Crippen LogP) is 1.13. The Balaban J connectivity index is 1.88. The summed E-state index contributed by atoms with van der Waals surface area (Å²) in [6.45, 7) is 7.11. The van der Waals surface area contributed by atoms with Gasteiger partial charge in [0.05, 0.1) is 6.61 Å². The van der Waals surface area contributed by atoms with Gasteiger partial charge in [0, 0.05) is 26.2 Å². The zero-order valence-corrected chi connectivity index (χ0v) is 10.9. The maximum atomic E-state index is 11.5. The number of nitrogens with zero attached hydrogens (tertiary/aromatic N) is 4. The maximum Gasteiger partial charge on any atom is 0.409 e. The van der Waals surface area contributed by atoms with Gasteiger partial charge in [0.2, 0.25) is 5.13 Å². The summed E-state index contributed by atoms with van der Waals surface area (Å²) < 4.78 is 4.97. The van der Waals surface area contributed by atoms with E-state index in [0.717, 1.165) is 23.2 Å². The molecule has 0 unspecified atom stereocenters. The Hall–Kier alpha value is -1.37. The third-order valence-electron chi connectivity index (χ3n) is 2.59. The molecule has 94 valence electrons. The van der Waals surface area contributed by atoms with Gasteiger partial charge in [-0.15, -0.1) is 10.2 Å². The normalized spacial score (nSPS) is 16.1. The second-order valence-electron chi connectivity index (χ2n) is 3.78. The molecule has 0 bridgehead atoms.